The van der Waals surface area contributed by atoms with Crippen molar-refractivity contribution in [1.82, 2.24) is 4.90 Å². The largest absolute Gasteiger partial charge is 0.507 e. The third kappa shape index (κ3) is 5.41. The molecule has 4 nitrogen and oxygen atoms in total. The minimum atomic E-state index is -0.577. The highest BCUT2D eigenvalue weighted by Gasteiger charge is 2.35. The fourth-order valence-corrected chi connectivity index (χ4v) is 5.42. The predicted molar refractivity (Wildman–Crippen MR) is 147 cm³/mol. The number of hydrogen-bond acceptors (Lipinski definition) is 4. The molecule has 0 aliphatic carbocycles. The minimum Gasteiger partial charge on any atom is -0.507 e. The van der Waals surface area contributed by atoms with Crippen molar-refractivity contribution in [3.8, 4) is 5.75 Å². The lowest BCUT2D eigenvalue weighted by Crippen LogP contribution is -2.42. The first-order chi connectivity index (χ1) is 17.4. The van der Waals surface area contributed by atoms with Crippen LogP contribution in [0.2, 0.25) is 0 Å². The van der Waals surface area contributed by atoms with Crippen LogP contribution >= 0.6 is 0 Å². The minimum absolute atomic E-state index is 0.0613. The summed E-state index contributed by atoms with van der Waals surface area (Å²) in [5.74, 6) is 0.220. The maximum Gasteiger partial charge on any atom is 0.124 e. The number of phenolic OH excluding ortho intramolecular Hbond substituents is 1. The topological polar surface area (TPSA) is 63.9 Å². The second-order valence-corrected chi connectivity index (χ2v) is 10.5. The van der Waals surface area contributed by atoms with Gasteiger partial charge in [-0.15, -0.1) is 0 Å². The Morgan fingerprint density at radius 1 is 0.944 bits per heavy atom. The van der Waals surface area contributed by atoms with Gasteiger partial charge < -0.3 is 15.3 Å². The van der Waals surface area contributed by atoms with Crippen molar-refractivity contribution in [1.29, 1.82) is 0 Å². The second-order valence-electron chi connectivity index (χ2n) is 10.5. The number of rotatable bonds is 8. The van der Waals surface area contributed by atoms with E-state index in [1.165, 1.54) is 22.3 Å². The Balaban J connectivity index is 1.86. The van der Waals surface area contributed by atoms with Crippen LogP contribution < -0.4 is 0 Å². The molecule has 4 heteroatoms. The van der Waals surface area contributed by atoms with Gasteiger partial charge >= 0.3 is 0 Å². The zero-order valence-corrected chi connectivity index (χ0v) is 21.7. The number of nitrogens with zero attached hydrogens (tertiary/aromatic N) is 1. The number of phenols is 1. The molecule has 1 aliphatic heterocycles. The Morgan fingerprint density at radius 3 is 2.11 bits per heavy atom. The molecule has 3 N–H and O–H groups in total. The smallest absolute Gasteiger partial charge is 0.124 e. The number of aliphatic hydroxyl groups is 2. The van der Waals surface area contributed by atoms with Gasteiger partial charge in [-0.05, 0) is 36.0 Å². The van der Waals surface area contributed by atoms with Crippen molar-refractivity contribution < 1.29 is 15.3 Å². The monoisotopic (exact) mass is 485 g/mol. The third-order valence-electron chi connectivity index (χ3n) is 7.47. The molecule has 3 aromatic rings. The quantitative estimate of drug-likeness (QED) is 0.344. The molecule has 0 radical (unpaired) electrons. The summed E-state index contributed by atoms with van der Waals surface area (Å²) in [6, 6.07) is 26.6. The van der Waals surface area contributed by atoms with E-state index in [0.29, 0.717) is 19.4 Å². The molecule has 190 valence electrons. The normalized spacial score (nSPS) is 17.7. The molecule has 1 fully saturated rings. The van der Waals surface area contributed by atoms with Gasteiger partial charge in [0.25, 0.3) is 0 Å². The lowest BCUT2D eigenvalue weighted by molar-refractivity contribution is -0.0393. The van der Waals surface area contributed by atoms with Crippen LogP contribution in [0.15, 0.2) is 84.4 Å². The number of hydrogen-bond donors (Lipinski definition) is 3. The number of aromatic hydroxyl groups is 1. The van der Waals surface area contributed by atoms with Crippen LogP contribution in [0.4, 0.5) is 0 Å². The number of piperidine rings is 1. The van der Waals surface area contributed by atoms with E-state index >= 15 is 0 Å². The van der Waals surface area contributed by atoms with Gasteiger partial charge in [0.05, 0.1) is 6.61 Å². The van der Waals surface area contributed by atoms with Crippen LogP contribution in [0, 0.1) is 0 Å². The van der Waals surface area contributed by atoms with Gasteiger partial charge in [0, 0.05) is 29.1 Å². The lowest BCUT2D eigenvalue weighted by atomic mass is 9.80. The summed E-state index contributed by atoms with van der Waals surface area (Å²) in [5.41, 5.74) is 5.88. The second kappa shape index (κ2) is 11.4. The van der Waals surface area contributed by atoms with Crippen molar-refractivity contribution in [2.75, 3.05) is 13.2 Å². The first kappa shape index (κ1) is 26.2. The summed E-state index contributed by atoms with van der Waals surface area (Å²) in [6.07, 6.45) is 2.54. The molecular weight excluding hydrogens is 446 g/mol. The molecule has 36 heavy (non-hydrogen) atoms. The molecular formula is C32H39NO3. The Kier molecular flexibility index (Phi) is 8.30. The molecule has 2 atom stereocenters. The summed E-state index contributed by atoms with van der Waals surface area (Å²) in [4.78, 5) is 2.14. The van der Waals surface area contributed by atoms with E-state index in [9.17, 15) is 15.3 Å². The van der Waals surface area contributed by atoms with E-state index in [1.807, 2.05) is 44.2 Å². The molecule has 4 rings (SSSR count). The van der Waals surface area contributed by atoms with Gasteiger partial charge in [-0.2, -0.15) is 0 Å². The summed E-state index contributed by atoms with van der Waals surface area (Å²) in [6.45, 7) is 6.60. The molecule has 2 unspecified atom stereocenters. The molecule has 0 bridgehead atoms. The van der Waals surface area contributed by atoms with E-state index in [2.05, 4.69) is 60.4 Å². The molecule has 0 saturated carbocycles. The van der Waals surface area contributed by atoms with Crippen molar-refractivity contribution >= 4 is 5.57 Å². The zero-order valence-electron chi connectivity index (χ0n) is 21.7. The van der Waals surface area contributed by atoms with Crippen LogP contribution in [0.25, 0.3) is 5.57 Å². The van der Waals surface area contributed by atoms with Crippen LogP contribution in [0.5, 0.6) is 5.75 Å². The number of para-hydroxylation sites is 1. The maximum absolute atomic E-state index is 11.5. The van der Waals surface area contributed by atoms with Crippen LogP contribution in [0.3, 0.4) is 0 Å². The Morgan fingerprint density at radius 2 is 1.56 bits per heavy atom. The highest BCUT2D eigenvalue weighted by atomic mass is 16.3. The number of likely N-dealkylation sites (tertiary alicyclic amines) is 1. The highest BCUT2D eigenvalue weighted by Crippen LogP contribution is 2.45. The molecule has 3 aromatic carbocycles. The molecule has 0 aromatic heterocycles. The maximum atomic E-state index is 11.5. The van der Waals surface area contributed by atoms with E-state index in [4.69, 9.17) is 0 Å². The Bertz CT molecular complexity index is 1130. The first-order valence-corrected chi connectivity index (χ1v) is 13.1. The van der Waals surface area contributed by atoms with Gasteiger partial charge in [0.2, 0.25) is 0 Å². The standard InChI is InChI=1S/C32H39NO3/c1-4-12-29(35)33-20-19-25(30(23-13-7-5-8-14-23)24-15-9-6-10-16-24)21-28(33)26-17-11-18-27(31(26)36)32(2,3)22-34/h5-11,13-18,28-29,34-36H,4,12,19-22H2,1-3H3. The van der Waals surface area contributed by atoms with Gasteiger partial charge in [-0.1, -0.05) is 112 Å². The van der Waals surface area contributed by atoms with Gasteiger partial charge in [0.1, 0.15) is 12.0 Å². The molecule has 1 saturated heterocycles. The highest BCUT2D eigenvalue weighted by molar-refractivity contribution is 5.82. The average Bonchev–Trinajstić information content (AvgIpc) is 2.90. The summed E-state index contributed by atoms with van der Waals surface area (Å²) >= 11 is 0. The van der Waals surface area contributed by atoms with E-state index in [0.717, 1.165) is 24.0 Å². The van der Waals surface area contributed by atoms with Gasteiger partial charge in [-0.25, -0.2) is 0 Å². The van der Waals surface area contributed by atoms with Crippen LogP contribution in [-0.2, 0) is 5.41 Å². The molecule has 0 spiro atoms. The average molecular weight is 486 g/mol. The van der Waals surface area contributed by atoms with Gasteiger partial charge in [0.15, 0.2) is 0 Å². The Hall–Kier alpha value is -2.92. The third-order valence-corrected chi connectivity index (χ3v) is 7.47. The number of benzene rings is 3. The predicted octanol–water partition coefficient (Wildman–Crippen LogP) is 6.42. The van der Waals surface area contributed by atoms with Crippen LogP contribution in [0.1, 0.15) is 74.8 Å². The van der Waals surface area contributed by atoms with Crippen molar-refractivity contribution in [3.63, 3.8) is 0 Å². The van der Waals surface area contributed by atoms with Crippen molar-refractivity contribution in [3.05, 3.63) is 107 Å². The van der Waals surface area contributed by atoms with E-state index in [-0.39, 0.29) is 18.4 Å². The summed E-state index contributed by atoms with van der Waals surface area (Å²) < 4.78 is 0. The van der Waals surface area contributed by atoms with E-state index < -0.39 is 11.6 Å². The fourth-order valence-electron chi connectivity index (χ4n) is 5.42. The molecule has 1 heterocycles. The zero-order chi connectivity index (χ0) is 25.7. The van der Waals surface area contributed by atoms with Crippen LogP contribution in [-0.4, -0.2) is 39.6 Å². The summed E-state index contributed by atoms with van der Waals surface area (Å²) in [7, 11) is 0. The van der Waals surface area contributed by atoms with Crippen molar-refractivity contribution in [2.24, 2.45) is 0 Å². The van der Waals surface area contributed by atoms with E-state index in [1.54, 1.807) is 0 Å². The fraction of sp³-hybridized carbons (Fsp3) is 0.375. The van der Waals surface area contributed by atoms with Crippen molar-refractivity contribution in [2.45, 2.75) is 64.1 Å². The first-order valence-electron chi connectivity index (χ1n) is 13.1. The SMILES string of the molecule is CCCC(O)N1CCC(=C(c2ccccc2)c2ccccc2)CC1c1cccc(C(C)(C)CO)c1O. The number of aliphatic hydroxyl groups excluding tert-OH is 2. The lowest BCUT2D eigenvalue weighted by Gasteiger charge is -2.41. The Labute approximate surface area is 215 Å². The molecule has 1 aliphatic rings. The summed E-state index contributed by atoms with van der Waals surface area (Å²) in [5, 5.41) is 32.6. The van der Waals surface area contributed by atoms with Gasteiger partial charge in [-0.3, -0.25) is 4.90 Å². The molecule has 0 amide bonds.